The number of hydrogen-bond donors (Lipinski definition) is 1. The number of anilines is 1. The smallest absolute Gasteiger partial charge is 0.280 e. The maximum absolute atomic E-state index is 14.1. The van der Waals surface area contributed by atoms with E-state index in [1.54, 1.807) is 38.1 Å². The number of carbonyl (C=O) groups excluding carboxylic acids is 1. The Labute approximate surface area is 165 Å². The molecular weight excluding hydrogens is 385 g/mol. The molecule has 3 rings (SSSR count). The number of halogens is 2. The lowest BCUT2D eigenvalue weighted by Gasteiger charge is -2.14. The van der Waals surface area contributed by atoms with Crippen LogP contribution in [0.4, 0.5) is 10.1 Å². The summed E-state index contributed by atoms with van der Waals surface area (Å²) >= 11 is 5.99. The van der Waals surface area contributed by atoms with Crippen LogP contribution in [0.5, 0.6) is 5.75 Å². The normalized spacial score (nSPS) is 10.6. The maximum atomic E-state index is 14.1. The number of ether oxygens (including phenoxy) is 1. The Kier molecular flexibility index (Phi) is 5.75. The molecule has 0 saturated carbocycles. The number of amides is 1. The van der Waals surface area contributed by atoms with E-state index >= 15 is 0 Å². The van der Waals surface area contributed by atoms with E-state index in [4.69, 9.17) is 16.3 Å². The summed E-state index contributed by atoms with van der Waals surface area (Å²) in [6.07, 6.45) is 0. The van der Waals surface area contributed by atoms with Crippen LogP contribution in [-0.2, 0) is 0 Å². The first-order valence-corrected chi connectivity index (χ1v) is 8.88. The van der Waals surface area contributed by atoms with Crippen molar-refractivity contribution < 1.29 is 13.9 Å². The summed E-state index contributed by atoms with van der Waals surface area (Å²) in [7, 11) is 0. The molecule has 2 aromatic carbocycles. The third-order valence-electron chi connectivity index (χ3n) is 3.89. The largest absolute Gasteiger partial charge is 0.492 e. The second-order valence-corrected chi connectivity index (χ2v) is 6.33. The number of nitrogens with one attached hydrogen (secondary N) is 1. The summed E-state index contributed by atoms with van der Waals surface area (Å²) < 4.78 is 20.8. The third-order valence-corrected chi connectivity index (χ3v) is 4.13. The summed E-state index contributed by atoms with van der Waals surface area (Å²) in [5.74, 6) is -0.873. The standard InChI is InChI=1S/C20H17ClFN3O3/c1-3-28-18-9-8-13(21)11-15(18)23-20(27)19-17(26)10-12(2)25(24-19)16-7-5-4-6-14(16)22/h4-11H,3H2,1-2H3,(H,23,27). The number of rotatable bonds is 5. The maximum Gasteiger partial charge on any atom is 0.280 e. The van der Waals surface area contributed by atoms with Crippen LogP contribution in [0.3, 0.4) is 0 Å². The van der Waals surface area contributed by atoms with Crippen molar-refractivity contribution in [1.82, 2.24) is 9.78 Å². The van der Waals surface area contributed by atoms with Gasteiger partial charge in [-0.2, -0.15) is 5.10 Å². The minimum atomic E-state index is -0.752. The fraction of sp³-hybridized carbons (Fsp3) is 0.150. The van der Waals surface area contributed by atoms with E-state index in [0.29, 0.717) is 28.8 Å². The van der Waals surface area contributed by atoms with Crippen LogP contribution in [0.2, 0.25) is 5.02 Å². The van der Waals surface area contributed by atoms with Crippen LogP contribution in [-0.4, -0.2) is 22.3 Å². The molecule has 0 bridgehead atoms. The highest BCUT2D eigenvalue weighted by Crippen LogP contribution is 2.28. The number of nitrogens with zero attached hydrogens (tertiary/aromatic N) is 2. The Balaban J connectivity index is 2.02. The SMILES string of the molecule is CCOc1ccc(Cl)cc1NC(=O)c1nn(-c2ccccc2F)c(C)cc1=O. The van der Waals surface area contributed by atoms with Gasteiger partial charge in [-0.3, -0.25) is 9.59 Å². The molecule has 1 amide bonds. The van der Waals surface area contributed by atoms with E-state index in [2.05, 4.69) is 10.4 Å². The predicted molar refractivity (Wildman–Crippen MR) is 105 cm³/mol. The molecule has 0 radical (unpaired) electrons. The third kappa shape index (κ3) is 4.04. The summed E-state index contributed by atoms with van der Waals surface area (Å²) in [5.41, 5.74) is -0.131. The molecule has 0 aliphatic heterocycles. The van der Waals surface area contributed by atoms with Gasteiger partial charge in [-0.25, -0.2) is 9.07 Å². The molecular formula is C20H17ClFN3O3. The molecule has 144 valence electrons. The number of para-hydroxylation sites is 1. The van der Waals surface area contributed by atoms with E-state index in [9.17, 15) is 14.0 Å². The first-order chi connectivity index (χ1) is 13.4. The average molecular weight is 402 g/mol. The molecule has 6 nitrogen and oxygen atoms in total. The highest BCUT2D eigenvalue weighted by Gasteiger charge is 2.18. The lowest BCUT2D eigenvalue weighted by Crippen LogP contribution is -2.27. The Bertz CT molecular complexity index is 1100. The Hall–Kier alpha value is -3.19. The van der Waals surface area contributed by atoms with E-state index in [0.717, 1.165) is 0 Å². The molecule has 1 aromatic heterocycles. The van der Waals surface area contributed by atoms with Crippen molar-refractivity contribution in [3.8, 4) is 11.4 Å². The summed E-state index contributed by atoms with van der Waals surface area (Å²) in [4.78, 5) is 25.0. The zero-order valence-electron chi connectivity index (χ0n) is 15.2. The lowest BCUT2D eigenvalue weighted by molar-refractivity contribution is 0.101. The van der Waals surface area contributed by atoms with Crippen LogP contribution < -0.4 is 15.5 Å². The quantitative estimate of drug-likeness (QED) is 0.701. The molecule has 0 aliphatic carbocycles. The van der Waals surface area contributed by atoms with Gasteiger partial charge in [0.2, 0.25) is 5.43 Å². The van der Waals surface area contributed by atoms with E-state index in [1.165, 1.54) is 28.9 Å². The van der Waals surface area contributed by atoms with Gasteiger partial charge in [-0.15, -0.1) is 0 Å². The lowest BCUT2D eigenvalue weighted by atomic mass is 10.2. The first-order valence-electron chi connectivity index (χ1n) is 8.50. The van der Waals surface area contributed by atoms with Gasteiger partial charge in [0.05, 0.1) is 12.3 Å². The van der Waals surface area contributed by atoms with Crippen molar-refractivity contribution in [1.29, 1.82) is 0 Å². The second-order valence-electron chi connectivity index (χ2n) is 5.89. The van der Waals surface area contributed by atoms with Crippen LogP contribution in [0, 0.1) is 12.7 Å². The van der Waals surface area contributed by atoms with Crippen LogP contribution in [0.15, 0.2) is 53.3 Å². The minimum absolute atomic E-state index is 0.131. The van der Waals surface area contributed by atoms with Gasteiger partial charge in [-0.05, 0) is 44.2 Å². The molecule has 0 spiro atoms. The Morgan fingerprint density at radius 1 is 1.25 bits per heavy atom. The van der Waals surface area contributed by atoms with Gasteiger partial charge in [-0.1, -0.05) is 23.7 Å². The summed E-state index contributed by atoms with van der Waals surface area (Å²) in [6.45, 7) is 3.79. The zero-order chi connectivity index (χ0) is 20.3. The number of hydrogen-bond acceptors (Lipinski definition) is 4. The molecule has 0 unspecified atom stereocenters. The zero-order valence-corrected chi connectivity index (χ0v) is 16.0. The first kappa shape index (κ1) is 19.6. The fourth-order valence-electron chi connectivity index (χ4n) is 2.63. The van der Waals surface area contributed by atoms with Gasteiger partial charge < -0.3 is 10.1 Å². The number of aromatic nitrogens is 2. The van der Waals surface area contributed by atoms with Crippen molar-refractivity contribution in [2.75, 3.05) is 11.9 Å². The van der Waals surface area contributed by atoms with Crippen LogP contribution in [0.1, 0.15) is 23.1 Å². The van der Waals surface area contributed by atoms with E-state index < -0.39 is 17.2 Å². The summed E-state index contributed by atoms with van der Waals surface area (Å²) in [5, 5.41) is 7.05. The predicted octanol–water partition coefficient (Wildman–Crippen LogP) is 3.98. The fourth-order valence-corrected chi connectivity index (χ4v) is 2.81. The number of aryl methyl sites for hydroxylation is 1. The minimum Gasteiger partial charge on any atom is -0.492 e. The van der Waals surface area contributed by atoms with Crippen LogP contribution >= 0.6 is 11.6 Å². The Morgan fingerprint density at radius 3 is 2.71 bits per heavy atom. The number of benzene rings is 2. The highest BCUT2D eigenvalue weighted by molar-refractivity contribution is 6.31. The molecule has 0 fully saturated rings. The molecule has 28 heavy (non-hydrogen) atoms. The van der Waals surface area contributed by atoms with Crippen LogP contribution in [0.25, 0.3) is 5.69 Å². The molecule has 0 aliphatic rings. The van der Waals surface area contributed by atoms with Gasteiger partial charge in [0.15, 0.2) is 5.69 Å². The highest BCUT2D eigenvalue weighted by atomic mass is 35.5. The van der Waals surface area contributed by atoms with Gasteiger partial charge in [0, 0.05) is 16.8 Å². The van der Waals surface area contributed by atoms with Gasteiger partial charge in [0.1, 0.15) is 17.3 Å². The Morgan fingerprint density at radius 2 is 2.00 bits per heavy atom. The van der Waals surface area contributed by atoms with Gasteiger partial charge in [0.25, 0.3) is 5.91 Å². The molecule has 1 heterocycles. The molecule has 8 heteroatoms. The monoisotopic (exact) mass is 401 g/mol. The summed E-state index contributed by atoms with van der Waals surface area (Å²) in [6, 6.07) is 11.9. The molecule has 3 aromatic rings. The molecule has 0 saturated heterocycles. The van der Waals surface area contributed by atoms with Crippen molar-refractivity contribution in [3.63, 3.8) is 0 Å². The molecule has 1 N–H and O–H groups in total. The van der Waals surface area contributed by atoms with E-state index in [-0.39, 0.29) is 11.4 Å². The van der Waals surface area contributed by atoms with E-state index in [1.807, 2.05) is 0 Å². The van der Waals surface area contributed by atoms with Crippen molar-refractivity contribution in [3.05, 3.63) is 81.0 Å². The average Bonchev–Trinajstić information content (AvgIpc) is 2.65. The molecule has 0 atom stereocenters. The van der Waals surface area contributed by atoms with Gasteiger partial charge >= 0.3 is 0 Å². The van der Waals surface area contributed by atoms with Crippen molar-refractivity contribution in [2.24, 2.45) is 0 Å². The van der Waals surface area contributed by atoms with Crippen molar-refractivity contribution >= 4 is 23.2 Å². The van der Waals surface area contributed by atoms with Crippen molar-refractivity contribution in [2.45, 2.75) is 13.8 Å². The second kappa shape index (κ2) is 8.22. The topological polar surface area (TPSA) is 73.2 Å². The number of carbonyl (C=O) groups is 1.